The van der Waals surface area contributed by atoms with Crippen LogP contribution in [0, 0.1) is 13.8 Å². The number of aryl methyl sites for hydroxylation is 2. The molecule has 0 aromatic heterocycles. The predicted octanol–water partition coefficient (Wildman–Crippen LogP) is 4.62. The average molecular weight is 370 g/mol. The highest BCUT2D eigenvalue weighted by Crippen LogP contribution is 2.35. The first-order valence-corrected chi connectivity index (χ1v) is 8.90. The zero-order valence-corrected chi connectivity index (χ0v) is 15.8. The molecule has 1 aliphatic heterocycles. The van der Waals surface area contributed by atoms with Crippen molar-refractivity contribution in [3.05, 3.63) is 64.2 Å². The fraction of sp³-hybridized carbons (Fsp3) is 0.238. The number of anilines is 1. The number of imide groups is 1. The van der Waals surface area contributed by atoms with Crippen molar-refractivity contribution in [3.8, 4) is 5.75 Å². The van der Waals surface area contributed by atoms with Gasteiger partial charge in [-0.25, -0.2) is 4.90 Å². The zero-order valence-electron chi connectivity index (χ0n) is 15.0. The quantitative estimate of drug-likeness (QED) is 0.723. The number of halogens is 1. The number of hydrogen-bond donors (Lipinski definition) is 0. The average Bonchev–Trinajstić information content (AvgIpc) is 2.82. The molecule has 0 N–H and O–H groups in total. The lowest BCUT2D eigenvalue weighted by atomic mass is 10.1. The van der Waals surface area contributed by atoms with Crippen LogP contribution in [0.25, 0.3) is 5.57 Å². The molecule has 1 aliphatic rings. The largest absolute Gasteiger partial charge is 0.494 e. The minimum Gasteiger partial charge on any atom is -0.494 e. The molecule has 1 heterocycles. The summed E-state index contributed by atoms with van der Waals surface area (Å²) in [6.45, 7) is 6.50. The molecule has 134 valence electrons. The van der Waals surface area contributed by atoms with Gasteiger partial charge in [-0.2, -0.15) is 0 Å². The Morgan fingerprint density at radius 3 is 2.15 bits per heavy atom. The van der Waals surface area contributed by atoms with E-state index < -0.39 is 11.8 Å². The summed E-state index contributed by atoms with van der Waals surface area (Å²) in [6.07, 6.45) is 0.913. The zero-order chi connectivity index (χ0) is 18.8. The van der Waals surface area contributed by atoms with Gasteiger partial charge in [0.05, 0.1) is 17.9 Å². The number of ether oxygens (including phenoxy) is 1. The van der Waals surface area contributed by atoms with Crippen molar-refractivity contribution in [1.29, 1.82) is 0 Å². The highest BCUT2D eigenvalue weighted by Gasteiger charge is 2.39. The third kappa shape index (κ3) is 3.37. The standard InChI is InChI=1S/C21H20ClNO3/c1-4-9-26-17-7-5-15(6-8-17)18-19(22)21(25)23(20(18)24)16-11-13(2)10-14(3)12-16/h5-8,10-12H,4,9H2,1-3H3. The third-order valence-corrected chi connectivity index (χ3v) is 4.46. The first kappa shape index (κ1) is 18.2. The Morgan fingerprint density at radius 1 is 0.962 bits per heavy atom. The van der Waals surface area contributed by atoms with Gasteiger partial charge in [-0.1, -0.05) is 36.7 Å². The van der Waals surface area contributed by atoms with Crippen LogP contribution in [0.1, 0.15) is 30.0 Å². The van der Waals surface area contributed by atoms with E-state index in [9.17, 15) is 9.59 Å². The number of nitrogens with zero attached hydrogens (tertiary/aromatic N) is 1. The maximum absolute atomic E-state index is 12.9. The first-order chi connectivity index (χ1) is 12.4. The molecule has 2 aromatic rings. The number of benzene rings is 2. The number of amides is 2. The maximum Gasteiger partial charge on any atom is 0.277 e. The summed E-state index contributed by atoms with van der Waals surface area (Å²) < 4.78 is 5.55. The van der Waals surface area contributed by atoms with Crippen LogP contribution in [-0.4, -0.2) is 18.4 Å². The normalized spacial score (nSPS) is 14.4. The summed E-state index contributed by atoms with van der Waals surface area (Å²) in [6, 6.07) is 12.6. The Labute approximate surface area is 158 Å². The molecule has 2 amide bonds. The topological polar surface area (TPSA) is 46.6 Å². The molecular weight excluding hydrogens is 350 g/mol. The van der Waals surface area contributed by atoms with E-state index in [1.165, 1.54) is 0 Å². The monoisotopic (exact) mass is 369 g/mol. The fourth-order valence-corrected chi connectivity index (χ4v) is 3.28. The van der Waals surface area contributed by atoms with E-state index in [0.717, 1.165) is 28.2 Å². The van der Waals surface area contributed by atoms with E-state index >= 15 is 0 Å². The lowest BCUT2D eigenvalue weighted by Crippen LogP contribution is -2.31. The van der Waals surface area contributed by atoms with E-state index in [0.29, 0.717) is 17.9 Å². The molecule has 0 unspecified atom stereocenters. The predicted molar refractivity (Wildman–Crippen MR) is 103 cm³/mol. The third-order valence-electron chi connectivity index (χ3n) is 4.11. The van der Waals surface area contributed by atoms with Crippen LogP contribution in [0.4, 0.5) is 5.69 Å². The fourth-order valence-electron chi connectivity index (χ4n) is 3.01. The van der Waals surface area contributed by atoms with Crippen molar-refractivity contribution >= 4 is 34.7 Å². The van der Waals surface area contributed by atoms with Crippen LogP contribution in [-0.2, 0) is 9.59 Å². The Bertz CT molecular complexity index is 880. The summed E-state index contributed by atoms with van der Waals surface area (Å²) in [5.74, 6) is -0.189. The Balaban J connectivity index is 1.94. The van der Waals surface area contributed by atoms with Crippen molar-refractivity contribution < 1.29 is 14.3 Å². The molecule has 0 aliphatic carbocycles. The van der Waals surface area contributed by atoms with Gasteiger partial charge in [-0.15, -0.1) is 0 Å². The molecule has 0 saturated carbocycles. The van der Waals surface area contributed by atoms with Gasteiger partial charge in [0, 0.05) is 0 Å². The molecule has 2 aromatic carbocycles. The van der Waals surface area contributed by atoms with Crippen LogP contribution in [0.15, 0.2) is 47.5 Å². The Morgan fingerprint density at radius 2 is 1.58 bits per heavy atom. The first-order valence-electron chi connectivity index (χ1n) is 8.52. The summed E-state index contributed by atoms with van der Waals surface area (Å²) in [4.78, 5) is 26.7. The molecule has 5 heteroatoms. The van der Waals surface area contributed by atoms with E-state index in [4.69, 9.17) is 16.3 Å². The van der Waals surface area contributed by atoms with Crippen LogP contribution < -0.4 is 9.64 Å². The van der Waals surface area contributed by atoms with E-state index in [2.05, 4.69) is 0 Å². The number of carbonyl (C=O) groups is 2. The van der Waals surface area contributed by atoms with Crippen LogP contribution in [0.5, 0.6) is 5.75 Å². The maximum atomic E-state index is 12.9. The van der Waals surface area contributed by atoms with Gasteiger partial charge >= 0.3 is 0 Å². The van der Waals surface area contributed by atoms with Gasteiger partial charge < -0.3 is 4.74 Å². The van der Waals surface area contributed by atoms with Crippen molar-refractivity contribution in [3.63, 3.8) is 0 Å². The second-order valence-corrected chi connectivity index (χ2v) is 6.73. The van der Waals surface area contributed by atoms with Crippen molar-refractivity contribution in [2.45, 2.75) is 27.2 Å². The number of hydrogen-bond acceptors (Lipinski definition) is 3. The summed E-state index contributed by atoms with van der Waals surface area (Å²) in [5.41, 5.74) is 3.31. The van der Waals surface area contributed by atoms with E-state index in [1.54, 1.807) is 36.4 Å². The molecule has 0 bridgehead atoms. The van der Waals surface area contributed by atoms with Gasteiger partial charge in [-0.05, 0) is 61.2 Å². The molecule has 0 fully saturated rings. The second kappa shape index (κ2) is 7.34. The van der Waals surface area contributed by atoms with Gasteiger partial charge in [-0.3, -0.25) is 9.59 Å². The molecule has 26 heavy (non-hydrogen) atoms. The molecule has 0 spiro atoms. The van der Waals surface area contributed by atoms with Crippen molar-refractivity contribution in [1.82, 2.24) is 0 Å². The molecule has 0 radical (unpaired) electrons. The Kier molecular flexibility index (Phi) is 5.14. The minimum absolute atomic E-state index is 0.0589. The van der Waals surface area contributed by atoms with Crippen LogP contribution >= 0.6 is 11.6 Å². The van der Waals surface area contributed by atoms with Gasteiger partial charge in [0.25, 0.3) is 11.8 Å². The minimum atomic E-state index is -0.497. The van der Waals surface area contributed by atoms with Crippen molar-refractivity contribution in [2.24, 2.45) is 0 Å². The molecule has 3 rings (SSSR count). The van der Waals surface area contributed by atoms with Crippen LogP contribution in [0.2, 0.25) is 0 Å². The van der Waals surface area contributed by atoms with Crippen LogP contribution in [0.3, 0.4) is 0 Å². The summed E-state index contributed by atoms with van der Waals surface area (Å²) in [7, 11) is 0. The summed E-state index contributed by atoms with van der Waals surface area (Å²) >= 11 is 6.24. The molecule has 0 atom stereocenters. The molecule has 4 nitrogen and oxygen atoms in total. The van der Waals surface area contributed by atoms with Gasteiger partial charge in [0.15, 0.2) is 0 Å². The van der Waals surface area contributed by atoms with Gasteiger partial charge in [0.1, 0.15) is 10.8 Å². The Hall–Kier alpha value is -2.59. The number of rotatable bonds is 5. The smallest absolute Gasteiger partial charge is 0.277 e. The highest BCUT2D eigenvalue weighted by atomic mass is 35.5. The summed E-state index contributed by atoms with van der Waals surface area (Å²) in [5, 5.41) is -0.0589. The lowest BCUT2D eigenvalue weighted by Gasteiger charge is -2.16. The van der Waals surface area contributed by atoms with Crippen molar-refractivity contribution in [2.75, 3.05) is 11.5 Å². The van der Waals surface area contributed by atoms with E-state index in [-0.39, 0.29) is 10.6 Å². The SMILES string of the molecule is CCCOc1ccc(C2=C(Cl)C(=O)N(c3cc(C)cc(C)c3)C2=O)cc1. The second-order valence-electron chi connectivity index (χ2n) is 6.35. The lowest BCUT2D eigenvalue weighted by molar-refractivity contribution is -0.119. The highest BCUT2D eigenvalue weighted by molar-refractivity contribution is 6.60. The molecular formula is C21H20ClNO3. The van der Waals surface area contributed by atoms with Gasteiger partial charge in [0.2, 0.25) is 0 Å². The number of carbonyl (C=O) groups excluding carboxylic acids is 2. The van der Waals surface area contributed by atoms with E-state index in [1.807, 2.05) is 26.8 Å². The molecule has 0 saturated heterocycles.